The van der Waals surface area contributed by atoms with E-state index in [4.69, 9.17) is 0 Å². The molecule has 1 N–H and O–H groups in total. The van der Waals surface area contributed by atoms with Crippen LogP contribution in [0.15, 0.2) is 11.3 Å². The predicted octanol–water partition coefficient (Wildman–Crippen LogP) is -3.89. The Labute approximate surface area is 137 Å². The fraction of sp³-hybridized carbons (Fsp3) is 0.667. The van der Waals surface area contributed by atoms with Gasteiger partial charge < -0.3 is 19.9 Å². The molecule has 0 radical (unpaired) electrons. The number of aliphatic hydroxyl groups is 1. The molecule has 1 amide bonds. The molecule has 2 saturated heterocycles. The number of fused-ring (bicyclic) bond motifs is 3. The van der Waals surface area contributed by atoms with E-state index in [-0.39, 0.29) is 52.5 Å². The summed E-state index contributed by atoms with van der Waals surface area (Å²) in [7, 11) is 0. The molecule has 0 bridgehead atoms. The van der Waals surface area contributed by atoms with Crippen LogP contribution in [0.5, 0.6) is 0 Å². The molecule has 2 fully saturated rings. The van der Waals surface area contributed by atoms with Crippen LogP contribution in [0.25, 0.3) is 0 Å². The van der Waals surface area contributed by atoms with E-state index in [1.165, 1.54) is 4.90 Å². The zero-order valence-corrected chi connectivity index (χ0v) is 13.8. The maximum Gasteiger partial charge on any atom is 1.00 e. The number of thioether (sulfide) groups is 1. The first-order valence-corrected chi connectivity index (χ1v) is 7.16. The largest absolute Gasteiger partial charge is 1.00 e. The molecular formula is C12H14NNaO4S. The maximum absolute atomic E-state index is 12.0. The monoisotopic (exact) mass is 291 g/mol. The number of carbonyl (C=O) groups is 2. The molecule has 3 rings (SSSR count). The number of carbonyl (C=O) groups excluding carboxylic acids is 2. The van der Waals surface area contributed by atoms with Crippen molar-refractivity contribution >= 4 is 23.6 Å². The number of hydrogen-bond donors (Lipinski definition) is 1. The molecule has 0 aromatic rings. The van der Waals surface area contributed by atoms with Crippen molar-refractivity contribution in [2.24, 2.45) is 5.92 Å². The summed E-state index contributed by atoms with van der Waals surface area (Å²) in [5.74, 6) is -1.04. The average molecular weight is 291 g/mol. The first-order chi connectivity index (χ1) is 8.54. The molecule has 0 aliphatic carbocycles. The van der Waals surface area contributed by atoms with Crippen molar-refractivity contribution in [1.82, 2.24) is 4.90 Å². The Bertz CT molecular complexity index is 465. The number of carboxylic acid groups (broad SMARTS) is 1. The molecule has 5 nitrogen and oxygen atoms in total. The number of carboxylic acids is 1. The summed E-state index contributed by atoms with van der Waals surface area (Å²) < 4.78 is 0. The van der Waals surface area contributed by atoms with Gasteiger partial charge in [0.2, 0.25) is 5.91 Å². The Morgan fingerprint density at radius 3 is 2.84 bits per heavy atom. The number of aliphatic carboxylic acids is 1. The summed E-state index contributed by atoms with van der Waals surface area (Å²) in [5.41, 5.74) is 0.895. The number of rotatable bonds is 2. The summed E-state index contributed by atoms with van der Waals surface area (Å²) in [4.78, 5) is 24.5. The molecule has 3 heterocycles. The molecule has 4 atom stereocenters. The Kier molecular flexibility index (Phi) is 4.38. The first-order valence-electron chi connectivity index (χ1n) is 6.11. The molecule has 0 aromatic carbocycles. The SMILES string of the molecule is C[C@@H](O)[C@H]1C(=O)N2C(C(=O)[O-])=C3CCCS[C@H]3[C@H]12.[Na+]. The van der Waals surface area contributed by atoms with E-state index in [2.05, 4.69) is 0 Å². The number of nitrogens with zero attached hydrogens (tertiary/aromatic N) is 1. The van der Waals surface area contributed by atoms with Crippen LogP contribution in [0.2, 0.25) is 0 Å². The van der Waals surface area contributed by atoms with Crippen molar-refractivity contribution in [3.8, 4) is 0 Å². The van der Waals surface area contributed by atoms with Crippen LogP contribution in [0, 0.1) is 5.92 Å². The van der Waals surface area contributed by atoms with Crippen molar-refractivity contribution in [2.45, 2.75) is 37.2 Å². The summed E-state index contributed by atoms with van der Waals surface area (Å²) in [6.07, 6.45) is 0.915. The molecule has 19 heavy (non-hydrogen) atoms. The van der Waals surface area contributed by atoms with Crippen LogP contribution in [0.4, 0.5) is 0 Å². The van der Waals surface area contributed by atoms with Crippen molar-refractivity contribution in [3.05, 3.63) is 11.3 Å². The predicted molar refractivity (Wildman–Crippen MR) is 63.3 cm³/mol. The minimum atomic E-state index is -1.27. The minimum absolute atomic E-state index is 0. The van der Waals surface area contributed by atoms with Gasteiger partial charge >= 0.3 is 29.6 Å². The van der Waals surface area contributed by atoms with Gasteiger partial charge in [0.05, 0.1) is 29.7 Å². The zero-order chi connectivity index (χ0) is 13.0. The second kappa shape index (κ2) is 5.41. The number of aliphatic hydroxyl groups excluding tert-OH is 1. The molecule has 3 aliphatic heterocycles. The van der Waals surface area contributed by atoms with Gasteiger partial charge in [-0.2, -0.15) is 11.8 Å². The van der Waals surface area contributed by atoms with Crippen molar-refractivity contribution < 1.29 is 49.4 Å². The normalized spacial score (nSPS) is 34.1. The summed E-state index contributed by atoms with van der Waals surface area (Å²) in [5, 5.41) is 20.9. The smallest absolute Gasteiger partial charge is 0.543 e. The summed E-state index contributed by atoms with van der Waals surface area (Å²) in [6.45, 7) is 1.59. The third-order valence-corrected chi connectivity index (χ3v) is 5.44. The van der Waals surface area contributed by atoms with Crippen molar-refractivity contribution in [3.63, 3.8) is 0 Å². The standard InChI is InChI=1S/C12H15NO4S.Na/c1-5(14)7-9-10-6(3-2-4-18-10)8(12(16)17)13(9)11(7)15;/h5,7,9-10,14H,2-4H2,1H3,(H,16,17);/q;+1/p-1/t5-,7-,9+,10-;/m1./s1. The number of β-lactam (4-membered cyclic amide) rings is 1. The van der Waals surface area contributed by atoms with E-state index in [0.717, 1.165) is 17.7 Å². The second-order valence-electron chi connectivity index (χ2n) is 5.02. The van der Waals surface area contributed by atoms with Gasteiger partial charge in [-0.3, -0.25) is 4.79 Å². The molecule has 98 valence electrons. The minimum Gasteiger partial charge on any atom is -0.543 e. The fourth-order valence-corrected chi connectivity index (χ4v) is 4.75. The molecule has 3 aliphatic rings. The third kappa shape index (κ3) is 2.08. The van der Waals surface area contributed by atoms with Gasteiger partial charge in [0, 0.05) is 5.25 Å². The van der Waals surface area contributed by atoms with E-state index in [0.29, 0.717) is 6.42 Å². The van der Waals surface area contributed by atoms with Crippen LogP contribution >= 0.6 is 11.8 Å². The van der Waals surface area contributed by atoms with Crippen molar-refractivity contribution in [2.75, 3.05) is 5.75 Å². The van der Waals surface area contributed by atoms with E-state index in [1.807, 2.05) is 0 Å². The quantitative estimate of drug-likeness (QED) is 0.416. The topological polar surface area (TPSA) is 80.7 Å². The summed E-state index contributed by atoms with van der Waals surface area (Å²) >= 11 is 1.69. The summed E-state index contributed by atoms with van der Waals surface area (Å²) in [6, 6.07) is -0.189. The Morgan fingerprint density at radius 2 is 2.26 bits per heavy atom. The van der Waals surface area contributed by atoms with E-state index >= 15 is 0 Å². The number of amides is 1. The first kappa shape index (κ1) is 15.4. The molecular weight excluding hydrogens is 277 g/mol. The molecule has 7 heteroatoms. The van der Waals surface area contributed by atoms with Gasteiger partial charge in [-0.25, -0.2) is 0 Å². The zero-order valence-electron chi connectivity index (χ0n) is 11.0. The number of hydrogen-bond acceptors (Lipinski definition) is 5. The van der Waals surface area contributed by atoms with Crippen molar-refractivity contribution in [1.29, 1.82) is 0 Å². The van der Waals surface area contributed by atoms with Gasteiger partial charge in [0.25, 0.3) is 0 Å². The molecule has 0 unspecified atom stereocenters. The van der Waals surface area contributed by atoms with Crippen LogP contribution in [-0.2, 0) is 9.59 Å². The van der Waals surface area contributed by atoms with Gasteiger partial charge in [-0.05, 0) is 31.1 Å². The van der Waals surface area contributed by atoms with Gasteiger partial charge in [-0.15, -0.1) is 0 Å². The fourth-order valence-electron chi connectivity index (χ4n) is 3.26. The van der Waals surface area contributed by atoms with Crippen LogP contribution in [-0.4, -0.2) is 45.0 Å². The Balaban J connectivity index is 0.00000133. The van der Waals surface area contributed by atoms with Gasteiger partial charge in [-0.1, -0.05) is 0 Å². The van der Waals surface area contributed by atoms with Gasteiger partial charge in [0.1, 0.15) is 0 Å². The molecule has 0 aromatic heterocycles. The third-order valence-electron chi connectivity index (χ3n) is 3.99. The molecule has 0 spiro atoms. The van der Waals surface area contributed by atoms with Crippen LogP contribution in [0.1, 0.15) is 19.8 Å². The van der Waals surface area contributed by atoms with Crippen LogP contribution < -0.4 is 34.7 Å². The Hall–Kier alpha value is -0.01000. The van der Waals surface area contributed by atoms with E-state index < -0.39 is 18.0 Å². The average Bonchev–Trinajstić information content (AvgIpc) is 2.60. The van der Waals surface area contributed by atoms with Gasteiger partial charge in [0.15, 0.2) is 0 Å². The Morgan fingerprint density at radius 1 is 1.58 bits per heavy atom. The van der Waals surface area contributed by atoms with E-state index in [1.54, 1.807) is 18.7 Å². The second-order valence-corrected chi connectivity index (χ2v) is 6.27. The van der Waals surface area contributed by atoms with E-state index in [9.17, 15) is 19.8 Å². The molecule has 0 saturated carbocycles. The van der Waals surface area contributed by atoms with Crippen LogP contribution in [0.3, 0.4) is 0 Å². The maximum atomic E-state index is 12.0.